The molecule has 0 fully saturated rings. The van der Waals surface area contributed by atoms with Crippen LogP contribution in [0.15, 0.2) is 66.0 Å². The van der Waals surface area contributed by atoms with Crippen molar-refractivity contribution in [2.45, 2.75) is 6.92 Å². The number of nitrogens with one attached hydrogen (secondary N) is 1. The summed E-state index contributed by atoms with van der Waals surface area (Å²) in [6.07, 6.45) is 1.54. The maximum Gasteiger partial charge on any atom is 0.157 e. The Morgan fingerprint density at radius 3 is 2.55 bits per heavy atom. The number of hydrazone groups is 1. The van der Waals surface area contributed by atoms with Gasteiger partial charge < -0.3 is 0 Å². The molecular weight excluding hydrogens is 248 g/mol. The average molecular weight is 262 g/mol. The molecule has 1 aromatic heterocycles. The molecule has 3 rings (SSSR count). The van der Waals surface area contributed by atoms with Gasteiger partial charge in [-0.2, -0.15) is 5.10 Å². The summed E-state index contributed by atoms with van der Waals surface area (Å²) in [5.41, 5.74) is 5.92. The molecule has 3 aromatic rings. The molecule has 0 aliphatic rings. The van der Waals surface area contributed by atoms with Crippen molar-refractivity contribution in [2.75, 3.05) is 5.43 Å². The van der Waals surface area contributed by atoms with Crippen molar-refractivity contribution in [3.05, 3.63) is 66.5 Å². The molecule has 0 bridgehead atoms. The van der Waals surface area contributed by atoms with Gasteiger partial charge in [0.05, 0.1) is 11.2 Å². The highest BCUT2D eigenvalue weighted by molar-refractivity contribution is 5.99. The summed E-state index contributed by atoms with van der Waals surface area (Å²) in [7, 11) is 0. The summed E-state index contributed by atoms with van der Waals surface area (Å²) in [6, 6.07) is 17.9. The predicted molar refractivity (Wildman–Crippen MR) is 81.8 cm³/mol. The van der Waals surface area contributed by atoms with Crippen molar-refractivity contribution < 1.29 is 0 Å². The second kappa shape index (κ2) is 5.48. The summed E-state index contributed by atoms with van der Waals surface area (Å²) in [5, 5.41) is 5.35. The van der Waals surface area contributed by atoms with Gasteiger partial charge in [0, 0.05) is 5.39 Å². The zero-order chi connectivity index (χ0) is 13.8. The Labute approximate surface area is 117 Å². The highest BCUT2D eigenvalue weighted by atomic mass is 15.3. The molecule has 98 valence electrons. The van der Waals surface area contributed by atoms with E-state index in [0.717, 1.165) is 22.2 Å². The van der Waals surface area contributed by atoms with Crippen molar-refractivity contribution >= 4 is 22.4 Å². The van der Waals surface area contributed by atoms with Crippen LogP contribution in [-0.2, 0) is 0 Å². The number of benzene rings is 2. The minimum Gasteiger partial charge on any atom is -0.260 e. The summed E-state index contributed by atoms with van der Waals surface area (Å²) < 4.78 is 0. The van der Waals surface area contributed by atoms with E-state index in [2.05, 4.69) is 20.5 Å². The lowest BCUT2D eigenvalue weighted by molar-refractivity contribution is 1.18. The number of rotatable bonds is 3. The van der Waals surface area contributed by atoms with Gasteiger partial charge in [0.1, 0.15) is 6.33 Å². The molecule has 4 nitrogen and oxygen atoms in total. The zero-order valence-electron chi connectivity index (χ0n) is 11.1. The van der Waals surface area contributed by atoms with Gasteiger partial charge in [-0.15, -0.1) is 0 Å². The highest BCUT2D eigenvalue weighted by Crippen LogP contribution is 2.18. The predicted octanol–water partition coefficient (Wildman–Crippen LogP) is 3.47. The third-order valence-corrected chi connectivity index (χ3v) is 3.06. The first-order chi connectivity index (χ1) is 9.84. The molecule has 0 amide bonds. The SMILES string of the molecule is C/C(=N/Nc1ncnc2ccccc12)c1ccccc1. The van der Waals surface area contributed by atoms with E-state index in [0.29, 0.717) is 5.82 Å². The van der Waals surface area contributed by atoms with Crippen LogP contribution >= 0.6 is 0 Å². The van der Waals surface area contributed by atoms with Gasteiger partial charge in [0.25, 0.3) is 0 Å². The number of anilines is 1. The molecular formula is C16H14N4. The van der Waals surface area contributed by atoms with Gasteiger partial charge in [0.2, 0.25) is 0 Å². The van der Waals surface area contributed by atoms with Crippen LogP contribution in [0.4, 0.5) is 5.82 Å². The minimum absolute atomic E-state index is 0.714. The lowest BCUT2D eigenvalue weighted by Crippen LogP contribution is -2.01. The van der Waals surface area contributed by atoms with Crippen LogP contribution in [0.25, 0.3) is 10.9 Å². The van der Waals surface area contributed by atoms with Crippen LogP contribution in [0.1, 0.15) is 12.5 Å². The molecule has 0 saturated heterocycles. The fourth-order valence-corrected chi connectivity index (χ4v) is 1.97. The van der Waals surface area contributed by atoms with Crippen LogP contribution in [0.5, 0.6) is 0 Å². The highest BCUT2D eigenvalue weighted by Gasteiger charge is 2.02. The summed E-state index contributed by atoms with van der Waals surface area (Å²) in [4.78, 5) is 8.47. The van der Waals surface area contributed by atoms with Gasteiger partial charge in [-0.1, -0.05) is 42.5 Å². The quantitative estimate of drug-likeness (QED) is 0.581. The van der Waals surface area contributed by atoms with Gasteiger partial charge in [-0.25, -0.2) is 9.97 Å². The molecule has 2 aromatic carbocycles. The van der Waals surface area contributed by atoms with Gasteiger partial charge >= 0.3 is 0 Å². The fraction of sp³-hybridized carbons (Fsp3) is 0.0625. The molecule has 0 unspecified atom stereocenters. The van der Waals surface area contributed by atoms with Crippen LogP contribution in [-0.4, -0.2) is 15.7 Å². The van der Waals surface area contributed by atoms with Crippen molar-refractivity contribution in [3.63, 3.8) is 0 Å². The normalized spacial score (nSPS) is 11.6. The molecule has 0 aliphatic heterocycles. The number of aromatic nitrogens is 2. The van der Waals surface area contributed by atoms with Crippen molar-refractivity contribution in [2.24, 2.45) is 5.10 Å². The van der Waals surface area contributed by atoms with E-state index in [1.54, 1.807) is 0 Å². The first kappa shape index (κ1) is 12.3. The van der Waals surface area contributed by atoms with Crippen LogP contribution in [0, 0.1) is 0 Å². The van der Waals surface area contributed by atoms with E-state index in [1.165, 1.54) is 6.33 Å². The van der Waals surface area contributed by atoms with Crippen LogP contribution < -0.4 is 5.43 Å². The van der Waals surface area contributed by atoms with Crippen molar-refractivity contribution in [1.29, 1.82) is 0 Å². The Balaban J connectivity index is 1.91. The molecule has 0 saturated carbocycles. The number of para-hydroxylation sites is 1. The molecule has 1 N–H and O–H groups in total. The molecule has 1 heterocycles. The molecule has 4 heteroatoms. The van der Waals surface area contributed by atoms with E-state index in [1.807, 2.05) is 61.5 Å². The molecule has 0 aliphatic carbocycles. The Hall–Kier alpha value is -2.75. The van der Waals surface area contributed by atoms with E-state index >= 15 is 0 Å². The van der Waals surface area contributed by atoms with Gasteiger partial charge in [-0.05, 0) is 24.6 Å². The topological polar surface area (TPSA) is 50.2 Å². The fourth-order valence-electron chi connectivity index (χ4n) is 1.97. The number of fused-ring (bicyclic) bond motifs is 1. The summed E-state index contributed by atoms with van der Waals surface area (Å²) in [5.74, 6) is 0.714. The molecule has 0 atom stereocenters. The van der Waals surface area contributed by atoms with Crippen LogP contribution in [0.2, 0.25) is 0 Å². The number of hydrogen-bond acceptors (Lipinski definition) is 4. The lowest BCUT2D eigenvalue weighted by atomic mass is 10.1. The summed E-state index contributed by atoms with van der Waals surface area (Å²) in [6.45, 7) is 1.96. The maximum atomic E-state index is 4.39. The molecule has 0 radical (unpaired) electrons. The maximum absolute atomic E-state index is 4.39. The molecule has 0 spiro atoms. The Morgan fingerprint density at radius 2 is 1.70 bits per heavy atom. The van der Waals surface area contributed by atoms with Gasteiger partial charge in [-0.3, -0.25) is 5.43 Å². The standard InChI is InChI=1S/C16H14N4/c1-12(13-7-3-2-4-8-13)19-20-16-14-9-5-6-10-15(14)17-11-18-16/h2-11H,1H3,(H,17,18,20)/b19-12-. The van der Waals surface area contributed by atoms with E-state index in [4.69, 9.17) is 0 Å². The second-order valence-electron chi connectivity index (χ2n) is 4.41. The smallest absolute Gasteiger partial charge is 0.157 e. The van der Waals surface area contributed by atoms with Crippen molar-refractivity contribution in [3.8, 4) is 0 Å². The second-order valence-corrected chi connectivity index (χ2v) is 4.41. The number of nitrogens with zero attached hydrogens (tertiary/aromatic N) is 3. The minimum atomic E-state index is 0.714. The van der Waals surface area contributed by atoms with Crippen LogP contribution in [0.3, 0.4) is 0 Å². The van der Waals surface area contributed by atoms with Gasteiger partial charge in [0.15, 0.2) is 5.82 Å². The monoisotopic (exact) mass is 262 g/mol. The third-order valence-electron chi connectivity index (χ3n) is 3.06. The summed E-state index contributed by atoms with van der Waals surface area (Å²) >= 11 is 0. The first-order valence-corrected chi connectivity index (χ1v) is 6.40. The Morgan fingerprint density at radius 1 is 0.950 bits per heavy atom. The Bertz CT molecular complexity index is 745. The van der Waals surface area contributed by atoms with Crippen molar-refractivity contribution in [1.82, 2.24) is 9.97 Å². The first-order valence-electron chi connectivity index (χ1n) is 6.40. The third kappa shape index (κ3) is 2.49. The Kier molecular flexibility index (Phi) is 3.37. The van der Waals surface area contributed by atoms with E-state index in [-0.39, 0.29) is 0 Å². The zero-order valence-corrected chi connectivity index (χ0v) is 11.1. The lowest BCUT2D eigenvalue weighted by Gasteiger charge is -2.05. The number of hydrogen-bond donors (Lipinski definition) is 1. The van der Waals surface area contributed by atoms with E-state index < -0.39 is 0 Å². The molecule has 20 heavy (non-hydrogen) atoms. The average Bonchev–Trinajstić information content (AvgIpc) is 2.53. The largest absolute Gasteiger partial charge is 0.260 e. The van der Waals surface area contributed by atoms with E-state index in [9.17, 15) is 0 Å².